The summed E-state index contributed by atoms with van der Waals surface area (Å²) < 4.78 is 24.4. The molecule has 2 aromatic carbocycles. The van der Waals surface area contributed by atoms with Crippen LogP contribution in [0.3, 0.4) is 0 Å². The van der Waals surface area contributed by atoms with E-state index in [0.29, 0.717) is 18.7 Å². The van der Waals surface area contributed by atoms with Crippen molar-refractivity contribution < 1.29 is 18.7 Å². The highest BCUT2D eigenvalue weighted by Crippen LogP contribution is 2.35. The molecule has 27 heavy (non-hydrogen) atoms. The topological polar surface area (TPSA) is 47.6 Å². The lowest BCUT2D eigenvalue weighted by atomic mass is 9.82. The summed E-state index contributed by atoms with van der Waals surface area (Å²) in [6, 6.07) is 12.3. The Bertz CT molecular complexity index is 789. The Balaban J connectivity index is 1.76. The van der Waals surface area contributed by atoms with Gasteiger partial charge in [-0.15, -0.1) is 0 Å². The van der Waals surface area contributed by atoms with E-state index in [1.54, 1.807) is 19.2 Å². The van der Waals surface area contributed by atoms with Crippen molar-refractivity contribution in [3.8, 4) is 11.5 Å². The Morgan fingerprint density at radius 1 is 1.15 bits per heavy atom. The summed E-state index contributed by atoms with van der Waals surface area (Å²) in [6.07, 6.45) is 1.40. The molecule has 1 aliphatic rings. The van der Waals surface area contributed by atoms with Crippen LogP contribution in [0.2, 0.25) is 0 Å². The first-order chi connectivity index (χ1) is 13.0. The molecule has 1 N–H and O–H groups in total. The average molecular weight is 371 g/mol. The number of nitrogens with one attached hydrogen (secondary N) is 1. The largest absolute Gasteiger partial charge is 0.493 e. The van der Waals surface area contributed by atoms with Gasteiger partial charge in [0.1, 0.15) is 5.82 Å². The second-order valence-electron chi connectivity index (χ2n) is 7.28. The van der Waals surface area contributed by atoms with Crippen LogP contribution < -0.4 is 14.8 Å². The van der Waals surface area contributed by atoms with Gasteiger partial charge in [-0.25, -0.2) is 4.39 Å². The molecule has 0 saturated carbocycles. The zero-order chi connectivity index (χ0) is 19.4. The predicted molar refractivity (Wildman–Crippen MR) is 103 cm³/mol. The van der Waals surface area contributed by atoms with Crippen molar-refractivity contribution in [3.63, 3.8) is 0 Å². The normalized spacial score (nSPS) is 19.7. The standard InChI is InChI=1S/C22H26FNO3/c1-14(2)27-21-12-16(6-9-20(21)26-3)18-11-17(22(25)24-13-18)10-15-4-7-19(23)8-5-15/h4-9,12,14,17-18H,10-11,13H2,1-3H3,(H,24,25)/t17?,18-/m1/s1. The summed E-state index contributed by atoms with van der Waals surface area (Å²) in [4.78, 5) is 12.3. The molecule has 1 saturated heterocycles. The highest BCUT2D eigenvalue weighted by Gasteiger charge is 2.30. The zero-order valence-corrected chi connectivity index (χ0v) is 16.0. The van der Waals surface area contributed by atoms with E-state index in [2.05, 4.69) is 5.32 Å². The highest BCUT2D eigenvalue weighted by atomic mass is 19.1. The summed E-state index contributed by atoms with van der Waals surface area (Å²) in [5, 5.41) is 3.02. The van der Waals surface area contributed by atoms with Crippen LogP contribution in [0.1, 0.15) is 37.3 Å². The number of halogens is 1. The molecule has 0 bridgehead atoms. The lowest BCUT2D eigenvalue weighted by Gasteiger charge is -2.30. The Kier molecular flexibility index (Phi) is 5.99. The van der Waals surface area contributed by atoms with Gasteiger partial charge in [0, 0.05) is 18.4 Å². The van der Waals surface area contributed by atoms with Gasteiger partial charge in [-0.3, -0.25) is 4.79 Å². The minimum absolute atomic E-state index is 0.0476. The fourth-order valence-corrected chi connectivity index (χ4v) is 3.53. The van der Waals surface area contributed by atoms with Gasteiger partial charge in [0.05, 0.1) is 13.2 Å². The van der Waals surface area contributed by atoms with Crippen molar-refractivity contribution in [1.29, 1.82) is 0 Å². The van der Waals surface area contributed by atoms with Gasteiger partial charge in [-0.2, -0.15) is 0 Å². The molecule has 5 heteroatoms. The number of methoxy groups -OCH3 is 1. The Morgan fingerprint density at radius 3 is 2.56 bits per heavy atom. The van der Waals surface area contributed by atoms with Crippen LogP contribution in [0.4, 0.5) is 4.39 Å². The number of hydrogen-bond donors (Lipinski definition) is 1. The van der Waals surface area contributed by atoms with E-state index in [-0.39, 0.29) is 29.7 Å². The zero-order valence-electron chi connectivity index (χ0n) is 16.0. The van der Waals surface area contributed by atoms with Crippen molar-refractivity contribution in [1.82, 2.24) is 5.32 Å². The predicted octanol–water partition coefficient (Wildman–Crippen LogP) is 4.08. The van der Waals surface area contributed by atoms with Gasteiger partial charge in [-0.1, -0.05) is 18.2 Å². The van der Waals surface area contributed by atoms with Crippen LogP contribution in [-0.2, 0) is 11.2 Å². The van der Waals surface area contributed by atoms with E-state index in [4.69, 9.17) is 9.47 Å². The van der Waals surface area contributed by atoms with Gasteiger partial charge in [0.25, 0.3) is 0 Å². The molecule has 1 aliphatic heterocycles. The molecule has 0 radical (unpaired) electrons. The third-order valence-electron chi connectivity index (χ3n) is 4.88. The quantitative estimate of drug-likeness (QED) is 0.832. The van der Waals surface area contributed by atoms with Crippen LogP contribution in [0.15, 0.2) is 42.5 Å². The van der Waals surface area contributed by atoms with Crippen LogP contribution in [0, 0.1) is 11.7 Å². The van der Waals surface area contributed by atoms with Crippen LogP contribution in [-0.4, -0.2) is 25.7 Å². The first-order valence-corrected chi connectivity index (χ1v) is 9.33. The third-order valence-corrected chi connectivity index (χ3v) is 4.88. The summed E-state index contributed by atoms with van der Waals surface area (Å²) >= 11 is 0. The Morgan fingerprint density at radius 2 is 1.89 bits per heavy atom. The minimum atomic E-state index is -0.263. The van der Waals surface area contributed by atoms with Crippen molar-refractivity contribution in [2.75, 3.05) is 13.7 Å². The molecule has 1 heterocycles. The molecule has 1 unspecified atom stereocenters. The number of piperidine rings is 1. The molecule has 144 valence electrons. The molecule has 1 amide bonds. The monoisotopic (exact) mass is 371 g/mol. The van der Waals surface area contributed by atoms with E-state index >= 15 is 0 Å². The number of amides is 1. The molecule has 1 fully saturated rings. The number of rotatable bonds is 6. The maximum absolute atomic E-state index is 13.1. The number of ether oxygens (including phenoxy) is 2. The van der Waals surface area contributed by atoms with Gasteiger partial charge in [0.2, 0.25) is 5.91 Å². The van der Waals surface area contributed by atoms with E-state index in [1.807, 2.05) is 32.0 Å². The maximum atomic E-state index is 13.1. The molecule has 4 nitrogen and oxygen atoms in total. The maximum Gasteiger partial charge on any atom is 0.223 e. The first-order valence-electron chi connectivity index (χ1n) is 9.33. The van der Waals surface area contributed by atoms with Gasteiger partial charge >= 0.3 is 0 Å². The second kappa shape index (κ2) is 8.42. The third kappa shape index (κ3) is 4.79. The molecule has 2 atom stereocenters. The average Bonchev–Trinajstić information content (AvgIpc) is 2.65. The number of carbonyl (C=O) groups excluding carboxylic acids is 1. The van der Waals surface area contributed by atoms with Crippen molar-refractivity contribution in [3.05, 3.63) is 59.4 Å². The summed E-state index contributed by atoms with van der Waals surface area (Å²) in [5.74, 6) is 1.29. The van der Waals surface area contributed by atoms with Crippen LogP contribution >= 0.6 is 0 Å². The molecule has 2 aromatic rings. The SMILES string of the molecule is COc1ccc([C@H]2CNC(=O)C(Cc3ccc(F)cc3)C2)cc1OC(C)C. The van der Waals surface area contributed by atoms with Crippen molar-refractivity contribution in [2.24, 2.45) is 5.92 Å². The van der Waals surface area contributed by atoms with Gasteiger partial charge in [-0.05, 0) is 62.1 Å². The Hall–Kier alpha value is -2.56. The second-order valence-corrected chi connectivity index (χ2v) is 7.28. The van der Waals surface area contributed by atoms with E-state index in [1.165, 1.54) is 12.1 Å². The molecular formula is C22H26FNO3. The van der Waals surface area contributed by atoms with Gasteiger partial charge < -0.3 is 14.8 Å². The Labute approximate surface area is 159 Å². The summed E-state index contributed by atoms with van der Waals surface area (Å²) in [6.45, 7) is 4.56. The lowest BCUT2D eigenvalue weighted by Crippen LogP contribution is -2.41. The van der Waals surface area contributed by atoms with Gasteiger partial charge in [0.15, 0.2) is 11.5 Å². The molecule has 0 aliphatic carbocycles. The van der Waals surface area contributed by atoms with E-state index < -0.39 is 0 Å². The molecule has 3 rings (SSSR count). The van der Waals surface area contributed by atoms with Crippen molar-refractivity contribution in [2.45, 2.75) is 38.7 Å². The highest BCUT2D eigenvalue weighted by molar-refractivity contribution is 5.80. The smallest absolute Gasteiger partial charge is 0.223 e. The van der Waals surface area contributed by atoms with Crippen LogP contribution in [0.25, 0.3) is 0 Å². The van der Waals surface area contributed by atoms with Crippen LogP contribution in [0.5, 0.6) is 11.5 Å². The fourth-order valence-electron chi connectivity index (χ4n) is 3.53. The van der Waals surface area contributed by atoms with E-state index in [0.717, 1.165) is 23.3 Å². The molecule has 0 spiro atoms. The number of benzene rings is 2. The number of hydrogen-bond acceptors (Lipinski definition) is 3. The first kappa shape index (κ1) is 19.2. The minimum Gasteiger partial charge on any atom is -0.493 e. The van der Waals surface area contributed by atoms with Crippen molar-refractivity contribution >= 4 is 5.91 Å². The fraction of sp³-hybridized carbons (Fsp3) is 0.409. The summed E-state index contributed by atoms with van der Waals surface area (Å²) in [5.41, 5.74) is 2.09. The van der Waals surface area contributed by atoms with E-state index in [9.17, 15) is 9.18 Å². The summed E-state index contributed by atoms with van der Waals surface area (Å²) in [7, 11) is 1.63. The molecule has 0 aromatic heterocycles. The number of carbonyl (C=O) groups is 1. The molecular weight excluding hydrogens is 345 g/mol. The lowest BCUT2D eigenvalue weighted by molar-refractivity contribution is -0.126.